The van der Waals surface area contributed by atoms with Crippen LogP contribution in [0, 0.1) is 0 Å². The average molecular weight is 267 g/mol. The van der Waals surface area contributed by atoms with Gasteiger partial charge in [-0.2, -0.15) is 0 Å². The topological polar surface area (TPSA) is 18.5 Å². The minimum atomic E-state index is 0.711. The molecule has 2 heterocycles. The van der Waals surface area contributed by atoms with Gasteiger partial charge in [0.15, 0.2) is 0 Å². The van der Waals surface area contributed by atoms with Crippen LogP contribution < -0.4 is 5.32 Å². The van der Waals surface area contributed by atoms with Crippen LogP contribution in [0.15, 0.2) is 0 Å². The van der Waals surface area contributed by atoms with E-state index in [0.717, 1.165) is 12.1 Å². The summed E-state index contributed by atoms with van der Waals surface area (Å²) < 4.78 is 0. The molecular formula is C16H33N3. The Morgan fingerprint density at radius 1 is 1.32 bits per heavy atom. The van der Waals surface area contributed by atoms with Gasteiger partial charge in [0.05, 0.1) is 0 Å². The SMILES string of the molecule is CCCCN(CC1CCCN1)C1CCN(C(C)C)C1. The van der Waals surface area contributed by atoms with E-state index in [4.69, 9.17) is 0 Å². The summed E-state index contributed by atoms with van der Waals surface area (Å²) >= 11 is 0. The number of rotatable bonds is 7. The number of hydrogen-bond acceptors (Lipinski definition) is 3. The maximum absolute atomic E-state index is 3.67. The van der Waals surface area contributed by atoms with Gasteiger partial charge >= 0.3 is 0 Å². The predicted octanol–water partition coefficient (Wildman–Crippen LogP) is 2.32. The summed E-state index contributed by atoms with van der Waals surface area (Å²) in [5, 5.41) is 3.67. The summed E-state index contributed by atoms with van der Waals surface area (Å²) in [5.74, 6) is 0. The van der Waals surface area contributed by atoms with Crippen LogP contribution in [-0.4, -0.2) is 60.6 Å². The second kappa shape index (κ2) is 7.61. The molecule has 2 rings (SSSR count). The van der Waals surface area contributed by atoms with Crippen LogP contribution >= 0.6 is 0 Å². The van der Waals surface area contributed by atoms with E-state index in [1.54, 1.807) is 0 Å². The number of nitrogens with one attached hydrogen (secondary N) is 1. The molecule has 0 radical (unpaired) electrons. The van der Waals surface area contributed by atoms with Crippen LogP contribution in [0.3, 0.4) is 0 Å². The fourth-order valence-electron chi connectivity index (χ4n) is 3.51. The second-order valence-corrected chi connectivity index (χ2v) is 6.67. The van der Waals surface area contributed by atoms with Crippen molar-refractivity contribution in [2.24, 2.45) is 0 Å². The molecule has 2 atom stereocenters. The number of unbranched alkanes of at least 4 members (excludes halogenated alkanes) is 1. The van der Waals surface area contributed by atoms with E-state index in [1.165, 1.54) is 64.8 Å². The van der Waals surface area contributed by atoms with Crippen molar-refractivity contribution in [2.45, 2.75) is 71.0 Å². The van der Waals surface area contributed by atoms with E-state index in [9.17, 15) is 0 Å². The molecule has 2 aliphatic heterocycles. The zero-order valence-electron chi connectivity index (χ0n) is 13.2. The Labute approximate surface area is 119 Å². The highest BCUT2D eigenvalue weighted by Crippen LogP contribution is 2.20. The predicted molar refractivity (Wildman–Crippen MR) is 82.6 cm³/mol. The average Bonchev–Trinajstić information content (AvgIpc) is 3.05. The van der Waals surface area contributed by atoms with Gasteiger partial charge < -0.3 is 5.32 Å². The molecule has 3 nitrogen and oxygen atoms in total. The first-order chi connectivity index (χ1) is 9.20. The first-order valence-corrected chi connectivity index (χ1v) is 8.42. The molecule has 2 fully saturated rings. The van der Waals surface area contributed by atoms with Crippen molar-refractivity contribution in [3.05, 3.63) is 0 Å². The summed E-state index contributed by atoms with van der Waals surface area (Å²) in [6.07, 6.45) is 6.78. The Bertz CT molecular complexity index is 248. The Morgan fingerprint density at radius 3 is 2.74 bits per heavy atom. The van der Waals surface area contributed by atoms with Crippen molar-refractivity contribution >= 4 is 0 Å². The van der Waals surface area contributed by atoms with E-state index in [-0.39, 0.29) is 0 Å². The largest absolute Gasteiger partial charge is 0.313 e. The lowest BCUT2D eigenvalue weighted by atomic mass is 10.1. The van der Waals surface area contributed by atoms with E-state index in [2.05, 4.69) is 35.9 Å². The molecule has 1 N–H and O–H groups in total. The summed E-state index contributed by atoms with van der Waals surface area (Å²) in [5.41, 5.74) is 0. The molecule has 19 heavy (non-hydrogen) atoms. The second-order valence-electron chi connectivity index (χ2n) is 6.67. The molecule has 2 aliphatic rings. The molecule has 112 valence electrons. The molecule has 2 unspecified atom stereocenters. The van der Waals surface area contributed by atoms with Crippen LogP contribution in [0.1, 0.15) is 52.9 Å². The van der Waals surface area contributed by atoms with Crippen molar-refractivity contribution in [3.63, 3.8) is 0 Å². The molecule has 0 aromatic heterocycles. The van der Waals surface area contributed by atoms with Crippen LogP contribution in [0.2, 0.25) is 0 Å². The Morgan fingerprint density at radius 2 is 2.16 bits per heavy atom. The van der Waals surface area contributed by atoms with Gasteiger partial charge in [-0.3, -0.25) is 9.80 Å². The molecule has 0 spiro atoms. The molecule has 2 saturated heterocycles. The van der Waals surface area contributed by atoms with Gasteiger partial charge in [0, 0.05) is 37.8 Å². The highest BCUT2D eigenvalue weighted by Gasteiger charge is 2.30. The van der Waals surface area contributed by atoms with Crippen LogP contribution in [0.5, 0.6) is 0 Å². The summed E-state index contributed by atoms with van der Waals surface area (Å²) in [4.78, 5) is 5.43. The third-order valence-corrected chi connectivity index (χ3v) is 4.86. The lowest BCUT2D eigenvalue weighted by molar-refractivity contribution is 0.168. The highest BCUT2D eigenvalue weighted by molar-refractivity contribution is 4.88. The first-order valence-electron chi connectivity index (χ1n) is 8.42. The third kappa shape index (κ3) is 4.44. The molecule has 0 amide bonds. The van der Waals surface area contributed by atoms with E-state index in [1.807, 2.05) is 0 Å². The van der Waals surface area contributed by atoms with Gasteiger partial charge in [-0.05, 0) is 52.6 Å². The number of likely N-dealkylation sites (tertiary alicyclic amines) is 1. The highest BCUT2D eigenvalue weighted by atomic mass is 15.3. The lowest BCUT2D eigenvalue weighted by Gasteiger charge is -2.32. The smallest absolute Gasteiger partial charge is 0.0236 e. The van der Waals surface area contributed by atoms with E-state index >= 15 is 0 Å². The summed E-state index contributed by atoms with van der Waals surface area (Å²) in [7, 11) is 0. The first kappa shape index (κ1) is 15.3. The number of nitrogens with zero attached hydrogens (tertiary/aromatic N) is 2. The van der Waals surface area contributed by atoms with Crippen molar-refractivity contribution in [1.82, 2.24) is 15.1 Å². The van der Waals surface area contributed by atoms with E-state index < -0.39 is 0 Å². The Kier molecular flexibility index (Phi) is 6.11. The van der Waals surface area contributed by atoms with Crippen molar-refractivity contribution in [1.29, 1.82) is 0 Å². The molecule has 0 saturated carbocycles. The molecule has 0 aliphatic carbocycles. The fraction of sp³-hybridized carbons (Fsp3) is 1.00. The van der Waals surface area contributed by atoms with Gasteiger partial charge in [-0.1, -0.05) is 13.3 Å². The van der Waals surface area contributed by atoms with Crippen molar-refractivity contribution in [3.8, 4) is 0 Å². The maximum atomic E-state index is 3.67. The van der Waals surface area contributed by atoms with Gasteiger partial charge in [-0.25, -0.2) is 0 Å². The quantitative estimate of drug-likeness (QED) is 0.764. The lowest BCUT2D eigenvalue weighted by Crippen LogP contribution is -2.45. The maximum Gasteiger partial charge on any atom is 0.0236 e. The molecule has 0 bridgehead atoms. The van der Waals surface area contributed by atoms with Gasteiger partial charge in [0.2, 0.25) is 0 Å². The van der Waals surface area contributed by atoms with Crippen LogP contribution in [-0.2, 0) is 0 Å². The summed E-state index contributed by atoms with van der Waals surface area (Å²) in [6.45, 7) is 13.4. The zero-order chi connectivity index (χ0) is 13.7. The Hall–Kier alpha value is -0.120. The normalized spacial score (nSPS) is 28.9. The minimum Gasteiger partial charge on any atom is -0.313 e. The van der Waals surface area contributed by atoms with Gasteiger partial charge in [0.25, 0.3) is 0 Å². The van der Waals surface area contributed by atoms with Crippen molar-refractivity contribution < 1.29 is 0 Å². The van der Waals surface area contributed by atoms with Gasteiger partial charge in [0.1, 0.15) is 0 Å². The standard InChI is InChI=1S/C16H33N3/c1-4-5-10-19(12-15-7-6-9-17-15)16-8-11-18(13-16)14(2)3/h14-17H,4-13H2,1-3H3. The van der Waals surface area contributed by atoms with Gasteiger partial charge in [-0.15, -0.1) is 0 Å². The molecule has 3 heteroatoms. The van der Waals surface area contributed by atoms with Crippen LogP contribution in [0.25, 0.3) is 0 Å². The van der Waals surface area contributed by atoms with E-state index in [0.29, 0.717) is 6.04 Å². The van der Waals surface area contributed by atoms with Crippen molar-refractivity contribution in [2.75, 3.05) is 32.7 Å². The summed E-state index contributed by atoms with van der Waals surface area (Å²) in [6, 6.07) is 2.27. The fourth-order valence-corrected chi connectivity index (χ4v) is 3.51. The Balaban J connectivity index is 1.85. The minimum absolute atomic E-state index is 0.711. The number of hydrogen-bond donors (Lipinski definition) is 1. The third-order valence-electron chi connectivity index (χ3n) is 4.86. The molecule has 0 aromatic rings. The van der Waals surface area contributed by atoms with Crippen LogP contribution in [0.4, 0.5) is 0 Å². The molecule has 0 aromatic carbocycles. The zero-order valence-corrected chi connectivity index (χ0v) is 13.2. The monoisotopic (exact) mass is 267 g/mol. The molecular weight excluding hydrogens is 234 g/mol.